The molecule has 1 aromatic carbocycles. The number of aromatic nitrogens is 4. The van der Waals surface area contributed by atoms with E-state index in [-0.39, 0.29) is 12.5 Å². The first kappa shape index (κ1) is 18.8. The molecule has 0 saturated heterocycles. The molecule has 3 heterocycles. The third-order valence-corrected chi connectivity index (χ3v) is 5.91. The van der Waals surface area contributed by atoms with E-state index >= 15 is 0 Å². The van der Waals surface area contributed by atoms with Gasteiger partial charge in [-0.25, -0.2) is 4.98 Å². The second kappa shape index (κ2) is 7.83. The van der Waals surface area contributed by atoms with E-state index < -0.39 is 0 Å². The zero-order valence-electron chi connectivity index (χ0n) is 14.9. The highest BCUT2D eigenvalue weighted by atomic mass is 35.5. The fraction of sp³-hybridized carbons (Fsp3) is 0.158. The summed E-state index contributed by atoms with van der Waals surface area (Å²) in [6.45, 7) is 2.93. The van der Waals surface area contributed by atoms with Crippen molar-refractivity contribution in [1.29, 1.82) is 0 Å². The highest BCUT2D eigenvalue weighted by Gasteiger charge is 2.15. The molecular formula is C19H16ClN5OS2. The first-order valence-electron chi connectivity index (χ1n) is 8.64. The second-order valence-corrected chi connectivity index (χ2v) is 8.15. The SMILES string of the molecule is CCn1c(CNC(=O)c2cc(-c3ccc(Cl)s3)nc3ccccc23)n[nH]c1=S. The van der Waals surface area contributed by atoms with Gasteiger partial charge < -0.3 is 9.88 Å². The minimum absolute atomic E-state index is 0.195. The Kier molecular flexibility index (Phi) is 5.25. The van der Waals surface area contributed by atoms with Crippen LogP contribution < -0.4 is 5.32 Å². The number of carbonyl (C=O) groups excluding carboxylic acids is 1. The fourth-order valence-electron chi connectivity index (χ4n) is 3.01. The number of H-pyrrole nitrogens is 1. The Hall–Kier alpha value is -2.55. The zero-order valence-corrected chi connectivity index (χ0v) is 17.3. The number of hydrogen-bond acceptors (Lipinski definition) is 5. The molecule has 9 heteroatoms. The van der Waals surface area contributed by atoms with Gasteiger partial charge in [0.25, 0.3) is 5.91 Å². The zero-order chi connectivity index (χ0) is 19.7. The summed E-state index contributed by atoms with van der Waals surface area (Å²) in [5.41, 5.74) is 2.03. The standard InChI is InChI=1S/C19H16ClN5OS2/c1-2-25-17(23-24-19(25)27)10-21-18(26)12-9-14(15-7-8-16(20)28-15)22-13-6-4-3-5-11(12)13/h3-9H,2,10H2,1H3,(H,21,26)(H,24,27). The molecule has 4 aromatic rings. The summed E-state index contributed by atoms with van der Waals surface area (Å²) < 4.78 is 3.07. The summed E-state index contributed by atoms with van der Waals surface area (Å²) in [5.74, 6) is 0.489. The Morgan fingerprint density at radius 2 is 2.14 bits per heavy atom. The monoisotopic (exact) mass is 429 g/mol. The number of hydrogen-bond donors (Lipinski definition) is 2. The van der Waals surface area contributed by atoms with Crippen molar-refractivity contribution in [3.8, 4) is 10.6 Å². The van der Waals surface area contributed by atoms with Gasteiger partial charge in [-0.2, -0.15) is 5.10 Å². The van der Waals surface area contributed by atoms with E-state index in [9.17, 15) is 4.79 Å². The van der Waals surface area contributed by atoms with Crippen LogP contribution in [0.5, 0.6) is 0 Å². The summed E-state index contributed by atoms with van der Waals surface area (Å²) in [6, 6.07) is 13.1. The van der Waals surface area contributed by atoms with Gasteiger partial charge >= 0.3 is 0 Å². The number of nitrogens with zero attached hydrogens (tertiary/aromatic N) is 3. The molecule has 2 N–H and O–H groups in total. The van der Waals surface area contributed by atoms with Crippen LogP contribution in [0.4, 0.5) is 0 Å². The van der Waals surface area contributed by atoms with Crippen LogP contribution in [-0.2, 0) is 13.1 Å². The van der Waals surface area contributed by atoms with Crippen molar-refractivity contribution in [1.82, 2.24) is 25.1 Å². The third-order valence-electron chi connectivity index (χ3n) is 4.35. The Bertz CT molecular complexity index is 1230. The lowest BCUT2D eigenvalue weighted by molar-refractivity contribution is 0.0951. The van der Waals surface area contributed by atoms with E-state index in [2.05, 4.69) is 20.5 Å². The Morgan fingerprint density at radius 1 is 1.32 bits per heavy atom. The molecule has 6 nitrogen and oxygen atoms in total. The number of benzene rings is 1. The minimum Gasteiger partial charge on any atom is -0.345 e. The van der Waals surface area contributed by atoms with Gasteiger partial charge in [-0.1, -0.05) is 29.8 Å². The van der Waals surface area contributed by atoms with Crippen molar-refractivity contribution in [2.75, 3.05) is 0 Å². The topological polar surface area (TPSA) is 75.6 Å². The van der Waals surface area contributed by atoms with E-state index in [0.717, 1.165) is 21.5 Å². The van der Waals surface area contributed by atoms with Crippen LogP contribution in [0.1, 0.15) is 23.1 Å². The lowest BCUT2D eigenvalue weighted by Gasteiger charge is -2.10. The van der Waals surface area contributed by atoms with E-state index in [1.807, 2.05) is 47.9 Å². The minimum atomic E-state index is -0.195. The third kappa shape index (κ3) is 3.58. The molecule has 0 aliphatic heterocycles. The van der Waals surface area contributed by atoms with Gasteiger partial charge in [-0.05, 0) is 43.4 Å². The van der Waals surface area contributed by atoms with Crippen LogP contribution in [0.25, 0.3) is 21.5 Å². The van der Waals surface area contributed by atoms with Crippen molar-refractivity contribution in [3.63, 3.8) is 0 Å². The van der Waals surface area contributed by atoms with Gasteiger partial charge in [0.1, 0.15) is 0 Å². The molecule has 0 fully saturated rings. The van der Waals surface area contributed by atoms with Gasteiger partial charge in [0, 0.05) is 11.9 Å². The molecule has 0 atom stereocenters. The average Bonchev–Trinajstić information content (AvgIpc) is 3.30. The fourth-order valence-corrected chi connectivity index (χ4v) is 4.29. The molecule has 0 bridgehead atoms. The lowest BCUT2D eigenvalue weighted by atomic mass is 10.1. The van der Waals surface area contributed by atoms with Crippen LogP contribution in [0, 0.1) is 4.77 Å². The number of halogens is 1. The molecule has 1 amide bonds. The molecule has 3 aromatic heterocycles. The molecule has 0 aliphatic carbocycles. The number of rotatable bonds is 5. The molecule has 28 heavy (non-hydrogen) atoms. The first-order valence-corrected chi connectivity index (χ1v) is 10.2. The molecular weight excluding hydrogens is 414 g/mol. The normalized spacial score (nSPS) is 11.1. The molecule has 0 saturated carbocycles. The number of fused-ring (bicyclic) bond motifs is 1. The average molecular weight is 430 g/mol. The van der Waals surface area contributed by atoms with Gasteiger partial charge in [-0.3, -0.25) is 9.89 Å². The van der Waals surface area contributed by atoms with Crippen LogP contribution in [0.15, 0.2) is 42.5 Å². The smallest absolute Gasteiger partial charge is 0.252 e. The maximum atomic E-state index is 13.0. The highest BCUT2D eigenvalue weighted by molar-refractivity contribution is 7.71. The number of carbonyl (C=O) groups is 1. The van der Waals surface area contributed by atoms with Gasteiger partial charge in [-0.15, -0.1) is 11.3 Å². The Balaban J connectivity index is 1.70. The van der Waals surface area contributed by atoms with Crippen molar-refractivity contribution in [2.45, 2.75) is 20.0 Å². The number of nitrogens with one attached hydrogen (secondary N) is 2. The van der Waals surface area contributed by atoms with Crippen molar-refractivity contribution in [2.24, 2.45) is 0 Å². The van der Waals surface area contributed by atoms with Crippen LogP contribution >= 0.6 is 35.2 Å². The van der Waals surface area contributed by atoms with Crippen molar-refractivity contribution in [3.05, 3.63) is 63.0 Å². The summed E-state index contributed by atoms with van der Waals surface area (Å²) in [4.78, 5) is 18.6. The molecule has 4 rings (SSSR count). The Morgan fingerprint density at radius 3 is 2.89 bits per heavy atom. The summed E-state index contributed by atoms with van der Waals surface area (Å²) in [7, 11) is 0. The van der Waals surface area contributed by atoms with E-state index in [0.29, 0.717) is 27.0 Å². The van der Waals surface area contributed by atoms with Crippen LogP contribution in [-0.4, -0.2) is 25.7 Å². The number of pyridine rings is 1. The lowest BCUT2D eigenvalue weighted by Crippen LogP contribution is -2.25. The molecule has 0 aliphatic rings. The summed E-state index contributed by atoms with van der Waals surface area (Å²) in [6.07, 6.45) is 0. The van der Waals surface area contributed by atoms with Gasteiger partial charge in [0.2, 0.25) is 0 Å². The first-order chi connectivity index (χ1) is 13.6. The van der Waals surface area contributed by atoms with Crippen LogP contribution in [0.2, 0.25) is 4.34 Å². The quantitative estimate of drug-likeness (QED) is 0.446. The summed E-state index contributed by atoms with van der Waals surface area (Å²) >= 11 is 12.7. The van der Waals surface area contributed by atoms with E-state index in [4.69, 9.17) is 23.8 Å². The largest absolute Gasteiger partial charge is 0.345 e. The molecule has 0 radical (unpaired) electrons. The number of para-hydroxylation sites is 1. The second-order valence-electron chi connectivity index (χ2n) is 6.05. The maximum absolute atomic E-state index is 13.0. The highest BCUT2D eigenvalue weighted by Crippen LogP contribution is 2.32. The molecule has 142 valence electrons. The van der Waals surface area contributed by atoms with Gasteiger partial charge in [0.05, 0.1) is 32.5 Å². The summed E-state index contributed by atoms with van der Waals surface area (Å²) in [5, 5.41) is 10.7. The molecule has 0 spiro atoms. The Labute approximate surface area is 175 Å². The van der Waals surface area contributed by atoms with Gasteiger partial charge in [0.15, 0.2) is 10.6 Å². The van der Waals surface area contributed by atoms with E-state index in [1.54, 1.807) is 6.07 Å². The van der Waals surface area contributed by atoms with Crippen LogP contribution in [0.3, 0.4) is 0 Å². The van der Waals surface area contributed by atoms with E-state index in [1.165, 1.54) is 11.3 Å². The van der Waals surface area contributed by atoms with Crippen molar-refractivity contribution >= 4 is 52.0 Å². The number of thiophene rings is 1. The number of amides is 1. The number of aromatic amines is 1. The predicted molar refractivity (Wildman–Crippen MR) is 114 cm³/mol. The maximum Gasteiger partial charge on any atom is 0.252 e. The predicted octanol–water partition coefficient (Wildman–Crippen LogP) is 4.82. The molecule has 0 unspecified atom stereocenters. The van der Waals surface area contributed by atoms with Crippen molar-refractivity contribution < 1.29 is 4.79 Å².